The van der Waals surface area contributed by atoms with Gasteiger partial charge in [-0.25, -0.2) is 0 Å². The average molecular weight is 260 g/mol. The Labute approximate surface area is 113 Å². The third kappa shape index (κ3) is 11.0. The van der Waals surface area contributed by atoms with Crippen molar-refractivity contribution in [3.05, 3.63) is 0 Å². The van der Waals surface area contributed by atoms with E-state index in [9.17, 15) is 0 Å². The summed E-state index contributed by atoms with van der Waals surface area (Å²) in [6.45, 7) is 10.3. The van der Waals surface area contributed by atoms with Crippen molar-refractivity contribution in [2.75, 3.05) is 53.6 Å². The fraction of sp³-hybridized carbons (Fsp3) is 1.00. The Morgan fingerprint density at radius 1 is 1.06 bits per heavy atom. The Morgan fingerprint density at radius 3 is 2.17 bits per heavy atom. The summed E-state index contributed by atoms with van der Waals surface area (Å²) in [4.78, 5) is 2.42. The first-order chi connectivity index (χ1) is 8.74. The number of nitrogens with zero attached hydrogens (tertiary/aromatic N) is 1. The minimum Gasteiger partial charge on any atom is -0.383 e. The molecule has 0 aromatic rings. The zero-order valence-corrected chi connectivity index (χ0v) is 12.7. The number of ether oxygens (including phenoxy) is 2. The summed E-state index contributed by atoms with van der Waals surface area (Å²) in [6, 6.07) is 0.622. The van der Waals surface area contributed by atoms with E-state index in [0.29, 0.717) is 6.04 Å². The van der Waals surface area contributed by atoms with Gasteiger partial charge in [-0.15, -0.1) is 0 Å². The van der Waals surface area contributed by atoms with Crippen LogP contribution in [0.25, 0.3) is 0 Å². The lowest BCUT2D eigenvalue weighted by molar-refractivity contribution is 0.112. The van der Waals surface area contributed by atoms with E-state index in [2.05, 4.69) is 24.1 Å². The normalized spacial score (nSPS) is 13.2. The van der Waals surface area contributed by atoms with Crippen LogP contribution in [0.4, 0.5) is 0 Å². The lowest BCUT2D eigenvalue weighted by Gasteiger charge is -2.22. The second-order valence-corrected chi connectivity index (χ2v) is 4.82. The van der Waals surface area contributed by atoms with Crippen LogP contribution >= 0.6 is 0 Å². The van der Waals surface area contributed by atoms with E-state index in [1.165, 1.54) is 19.3 Å². The Morgan fingerprint density at radius 2 is 1.67 bits per heavy atom. The van der Waals surface area contributed by atoms with Gasteiger partial charge in [-0.3, -0.25) is 4.90 Å². The first-order valence-corrected chi connectivity index (χ1v) is 7.18. The molecule has 110 valence electrons. The van der Waals surface area contributed by atoms with Crippen molar-refractivity contribution < 1.29 is 9.47 Å². The predicted octanol–water partition coefficient (Wildman–Crippen LogP) is 1.75. The smallest absolute Gasteiger partial charge is 0.0589 e. The maximum atomic E-state index is 5.14. The molecule has 0 aliphatic rings. The molecule has 0 aliphatic heterocycles. The van der Waals surface area contributed by atoms with E-state index in [4.69, 9.17) is 9.47 Å². The maximum Gasteiger partial charge on any atom is 0.0589 e. The number of rotatable bonds is 13. The topological polar surface area (TPSA) is 33.7 Å². The molecule has 0 aliphatic carbocycles. The molecule has 0 spiro atoms. The molecule has 0 aromatic carbocycles. The second kappa shape index (κ2) is 13.3. The van der Waals surface area contributed by atoms with Crippen LogP contribution in [0.15, 0.2) is 0 Å². The molecule has 0 radical (unpaired) electrons. The maximum absolute atomic E-state index is 5.14. The molecule has 4 nitrogen and oxygen atoms in total. The van der Waals surface area contributed by atoms with Crippen LogP contribution in [0.3, 0.4) is 0 Å². The Balaban J connectivity index is 3.65. The van der Waals surface area contributed by atoms with Crippen molar-refractivity contribution in [2.24, 2.45) is 0 Å². The number of methoxy groups -OCH3 is 2. The fourth-order valence-electron chi connectivity index (χ4n) is 1.89. The Hall–Kier alpha value is -0.160. The molecule has 0 saturated carbocycles. The second-order valence-electron chi connectivity index (χ2n) is 4.82. The summed E-state index contributed by atoms with van der Waals surface area (Å²) >= 11 is 0. The molecule has 1 N–H and O–H groups in total. The van der Waals surface area contributed by atoms with Crippen LogP contribution < -0.4 is 5.32 Å². The quantitative estimate of drug-likeness (QED) is 0.547. The van der Waals surface area contributed by atoms with Gasteiger partial charge in [-0.05, 0) is 39.3 Å². The summed E-state index contributed by atoms with van der Waals surface area (Å²) < 4.78 is 10.3. The largest absolute Gasteiger partial charge is 0.383 e. The first kappa shape index (κ1) is 17.8. The highest BCUT2D eigenvalue weighted by atomic mass is 16.5. The summed E-state index contributed by atoms with van der Waals surface area (Å²) in [5.41, 5.74) is 0. The van der Waals surface area contributed by atoms with Gasteiger partial charge in [-0.1, -0.05) is 6.92 Å². The van der Waals surface area contributed by atoms with Gasteiger partial charge in [0, 0.05) is 33.4 Å². The molecule has 0 fully saturated rings. The minimum absolute atomic E-state index is 0.622. The lowest BCUT2D eigenvalue weighted by Crippen LogP contribution is -2.33. The van der Waals surface area contributed by atoms with E-state index < -0.39 is 0 Å². The van der Waals surface area contributed by atoms with E-state index in [0.717, 1.165) is 39.4 Å². The zero-order valence-electron chi connectivity index (χ0n) is 12.7. The Kier molecular flexibility index (Phi) is 13.2. The highest BCUT2D eigenvalue weighted by Gasteiger charge is 2.06. The van der Waals surface area contributed by atoms with Crippen molar-refractivity contribution in [2.45, 2.75) is 39.2 Å². The predicted molar refractivity (Wildman–Crippen MR) is 77.2 cm³/mol. The minimum atomic E-state index is 0.622. The lowest BCUT2D eigenvalue weighted by atomic mass is 10.1. The molecule has 0 bridgehead atoms. The monoisotopic (exact) mass is 260 g/mol. The van der Waals surface area contributed by atoms with Crippen LogP contribution in [-0.4, -0.2) is 64.6 Å². The average Bonchev–Trinajstić information content (AvgIpc) is 2.38. The van der Waals surface area contributed by atoms with Gasteiger partial charge in [0.15, 0.2) is 0 Å². The third-order valence-electron chi connectivity index (χ3n) is 3.08. The Bertz CT molecular complexity index is 160. The van der Waals surface area contributed by atoms with Crippen LogP contribution in [0.1, 0.15) is 33.1 Å². The molecular formula is C14H32N2O2. The molecule has 0 rings (SSSR count). The third-order valence-corrected chi connectivity index (χ3v) is 3.08. The summed E-state index contributed by atoms with van der Waals surface area (Å²) in [5, 5.41) is 3.52. The van der Waals surface area contributed by atoms with Gasteiger partial charge in [0.05, 0.1) is 13.2 Å². The molecule has 0 amide bonds. The molecule has 0 heterocycles. The number of hydrogen-bond donors (Lipinski definition) is 1. The van der Waals surface area contributed by atoms with Crippen molar-refractivity contribution in [3.8, 4) is 0 Å². The molecule has 4 heteroatoms. The summed E-state index contributed by atoms with van der Waals surface area (Å²) in [6.07, 6.45) is 3.67. The van der Waals surface area contributed by atoms with Gasteiger partial charge in [-0.2, -0.15) is 0 Å². The molecule has 18 heavy (non-hydrogen) atoms. The highest BCUT2D eigenvalue weighted by molar-refractivity contribution is 4.63. The van der Waals surface area contributed by atoms with Gasteiger partial charge >= 0.3 is 0 Å². The van der Waals surface area contributed by atoms with Crippen molar-refractivity contribution in [1.29, 1.82) is 0 Å². The van der Waals surface area contributed by atoms with Gasteiger partial charge in [0.25, 0.3) is 0 Å². The van der Waals surface area contributed by atoms with E-state index in [1.54, 1.807) is 14.2 Å². The highest BCUT2D eigenvalue weighted by Crippen LogP contribution is 2.00. The standard InChI is InChI=1S/C14H32N2O2/c1-5-8-15-14(2)7-6-9-16(10-12-17-3)11-13-18-4/h14-15H,5-13H2,1-4H3. The van der Waals surface area contributed by atoms with Crippen LogP contribution in [0, 0.1) is 0 Å². The SMILES string of the molecule is CCCNC(C)CCCN(CCOC)CCOC. The van der Waals surface area contributed by atoms with E-state index in [-0.39, 0.29) is 0 Å². The van der Waals surface area contributed by atoms with Gasteiger partial charge < -0.3 is 14.8 Å². The van der Waals surface area contributed by atoms with Crippen molar-refractivity contribution >= 4 is 0 Å². The van der Waals surface area contributed by atoms with Gasteiger partial charge in [0.2, 0.25) is 0 Å². The van der Waals surface area contributed by atoms with Crippen molar-refractivity contribution in [3.63, 3.8) is 0 Å². The molecule has 1 atom stereocenters. The van der Waals surface area contributed by atoms with Gasteiger partial charge in [0.1, 0.15) is 0 Å². The first-order valence-electron chi connectivity index (χ1n) is 7.18. The molecule has 0 saturated heterocycles. The molecular weight excluding hydrogens is 228 g/mol. The van der Waals surface area contributed by atoms with Crippen LogP contribution in [0.5, 0.6) is 0 Å². The zero-order chi connectivity index (χ0) is 13.6. The number of hydrogen-bond acceptors (Lipinski definition) is 4. The summed E-state index contributed by atoms with van der Waals surface area (Å²) in [7, 11) is 3.51. The van der Waals surface area contributed by atoms with E-state index >= 15 is 0 Å². The fourth-order valence-corrected chi connectivity index (χ4v) is 1.89. The molecule has 0 aromatic heterocycles. The molecule has 1 unspecified atom stereocenters. The number of nitrogens with one attached hydrogen (secondary N) is 1. The van der Waals surface area contributed by atoms with Crippen LogP contribution in [-0.2, 0) is 9.47 Å². The van der Waals surface area contributed by atoms with Crippen LogP contribution in [0.2, 0.25) is 0 Å². The van der Waals surface area contributed by atoms with E-state index in [1.807, 2.05) is 0 Å². The van der Waals surface area contributed by atoms with Crippen molar-refractivity contribution in [1.82, 2.24) is 10.2 Å². The summed E-state index contributed by atoms with van der Waals surface area (Å²) in [5.74, 6) is 0.